The molecule has 34 heavy (non-hydrogen) atoms. The number of hydrogen-bond donors (Lipinski definition) is 1. The Hall–Kier alpha value is -3.12. The van der Waals surface area contributed by atoms with E-state index in [4.69, 9.17) is 4.74 Å². The van der Waals surface area contributed by atoms with Gasteiger partial charge in [0.2, 0.25) is 0 Å². The molecule has 1 N–H and O–H groups in total. The van der Waals surface area contributed by atoms with Crippen molar-refractivity contribution in [2.45, 2.75) is 40.2 Å². The number of ether oxygens (including phenoxy) is 1. The van der Waals surface area contributed by atoms with Crippen molar-refractivity contribution in [1.82, 2.24) is 9.80 Å². The number of ketones is 1. The van der Waals surface area contributed by atoms with Crippen LogP contribution in [0.3, 0.4) is 0 Å². The molecule has 0 aliphatic carbocycles. The number of amides is 1. The second-order valence-electron chi connectivity index (χ2n) is 8.99. The predicted octanol–water partition coefficient (Wildman–Crippen LogP) is 4.88. The lowest BCUT2D eigenvalue weighted by atomic mass is 9.95. The van der Waals surface area contributed by atoms with Gasteiger partial charge < -0.3 is 19.6 Å². The van der Waals surface area contributed by atoms with E-state index in [0.29, 0.717) is 36.9 Å². The number of rotatable bonds is 11. The Morgan fingerprint density at radius 2 is 1.76 bits per heavy atom. The second-order valence-corrected chi connectivity index (χ2v) is 8.99. The van der Waals surface area contributed by atoms with Gasteiger partial charge in [-0.2, -0.15) is 0 Å². The van der Waals surface area contributed by atoms with E-state index >= 15 is 0 Å². The first-order chi connectivity index (χ1) is 16.4. The van der Waals surface area contributed by atoms with E-state index in [2.05, 4.69) is 32.6 Å². The van der Waals surface area contributed by atoms with Crippen LogP contribution in [0.4, 0.5) is 0 Å². The van der Waals surface area contributed by atoms with Gasteiger partial charge in [0.15, 0.2) is 0 Å². The molecule has 0 saturated carbocycles. The molecular formula is C28H36N2O4. The number of hydrogen-bond acceptors (Lipinski definition) is 5. The maximum Gasteiger partial charge on any atom is 0.295 e. The van der Waals surface area contributed by atoms with E-state index < -0.39 is 17.7 Å². The van der Waals surface area contributed by atoms with Crippen LogP contribution < -0.4 is 4.74 Å². The molecule has 3 rings (SSSR count). The van der Waals surface area contributed by atoms with Gasteiger partial charge in [-0.3, -0.25) is 9.59 Å². The molecule has 0 aromatic heterocycles. The summed E-state index contributed by atoms with van der Waals surface area (Å²) in [4.78, 5) is 30.1. The molecule has 1 atom stereocenters. The Kier molecular flexibility index (Phi) is 8.88. The van der Waals surface area contributed by atoms with Crippen LogP contribution in [0.25, 0.3) is 5.76 Å². The summed E-state index contributed by atoms with van der Waals surface area (Å²) in [6.07, 6.45) is 0.931. The van der Waals surface area contributed by atoms with Crippen LogP contribution in [0.2, 0.25) is 0 Å². The number of aliphatic hydroxyl groups excluding tert-OH is 1. The van der Waals surface area contributed by atoms with Crippen molar-refractivity contribution >= 4 is 17.4 Å². The van der Waals surface area contributed by atoms with Gasteiger partial charge in [0.25, 0.3) is 11.7 Å². The Morgan fingerprint density at radius 1 is 1.06 bits per heavy atom. The average Bonchev–Trinajstić information content (AvgIpc) is 3.09. The topological polar surface area (TPSA) is 70.1 Å². The lowest BCUT2D eigenvalue weighted by molar-refractivity contribution is -0.140. The van der Waals surface area contributed by atoms with Crippen LogP contribution in [-0.2, 0) is 9.59 Å². The molecule has 0 bridgehead atoms. The van der Waals surface area contributed by atoms with Crippen molar-refractivity contribution in [3.63, 3.8) is 0 Å². The number of carbonyl (C=O) groups is 2. The first kappa shape index (κ1) is 25.5. The van der Waals surface area contributed by atoms with E-state index in [1.807, 2.05) is 30.3 Å². The van der Waals surface area contributed by atoms with Crippen LogP contribution in [0.15, 0.2) is 60.2 Å². The number of likely N-dealkylation sites (N-methyl/N-ethyl adjacent to an activating group) is 1. The van der Waals surface area contributed by atoms with Crippen LogP contribution >= 0.6 is 0 Å². The van der Waals surface area contributed by atoms with Crippen LogP contribution in [-0.4, -0.2) is 59.4 Å². The van der Waals surface area contributed by atoms with Gasteiger partial charge in [-0.15, -0.1) is 0 Å². The molecule has 1 fully saturated rings. The molecule has 1 saturated heterocycles. The van der Waals surface area contributed by atoms with Crippen molar-refractivity contribution in [2.24, 2.45) is 5.92 Å². The van der Waals surface area contributed by atoms with Gasteiger partial charge in [-0.25, -0.2) is 0 Å². The van der Waals surface area contributed by atoms with Crippen molar-refractivity contribution in [3.05, 3.63) is 71.3 Å². The molecule has 1 amide bonds. The van der Waals surface area contributed by atoms with E-state index in [1.165, 1.54) is 0 Å². The number of nitrogens with zero attached hydrogens (tertiary/aromatic N) is 2. The molecule has 1 aliphatic rings. The summed E-state index contributed by atoms with van der Waals surface area (Å²) in [6, 6.07) is 15.7. The van der Waals surface area contributed by atoms with E-state index in [-0.39, 0.29) is 11.3 Å². The average molecular weight is 465 g/mol. The number of aliphatic hydroxyl groups is 1. The highest BCUT2D eigenvalue weighted by molar-refractivity contribution is 6.46. The number of Topliss-reactive ketones (excluding diaryl/α,β-unsaturated/α-hetero) is 1. The highest BCUT2D eigenvalue weighted by Crippen LogP contribution is 2.40. The monoisotopic (exact) mass is 464 g/mol. The summed E-state index contributed by atoms with van der Waals surface area (Å²) < 4.78 is 5.94. The Labute approximate surface area is 202 Å². The fourth-order valence-electron chi connectivity index (χ4n) is 4.18. The predicted molar refractivity (Wildman–Crippen MR) is 135 cm³/mol. The summed E-state index contributed by atoms with van der Waals surface area (Å²) in [6.45, 7) is 11.8. The Morgan fingerprint density at radius 3 is 2.41 bits per heavy atom. The highest BCUT2D eigenvalue weighted by atomic mass is 16.5. The molecule has 6 heteroatoms. The first-order valence-electron chi connectivity index (χ1n) is 12.2. The van der Waals surface area contributed by atoms with Crippen molar-refractivity contribution in [1.29, 1.82) is 0 Å². The van der Waals surface area contributed by atoms with Gasteiger partial charge in [0.1, 0.15) is 11.5 Å². The molecule has 6 nitrogen and oxygen atoms in total. The zero-order valence-corrected chi connectivity index (χ0v) is 20.7. The smallest absolute Gasteiger partial charge is 0.295 e. The minimum atomic E-state index is -0.676. The summed E-state index contributed by atoms with van der Waals surface area (Å²) >= 11 is 0. The molecule has 2 aromatic rings. The number of benzene rings is 2. The summed E-state index contributed by atoms with van der Waals surface area (Å²) in [7, 11) is 0. The van der Waals surface area contributed by atoms with Gasteiger partial charge in [0, 0.05) is 18.7 Å². The minimum Gasteiger partial charge on any atom is -0.507 e. The molecule has 182 valence electrons. The van der Waals surface area contributed by atoms with Gasteiger partial charge in [-0.1, -0.05) is 70.2 Å². The van der Waals surface area contributed by atoms with Gasteiger partial charge in [0.05, 0.1) is 18.2 Å². The fourth-order valence-corrected chi connectivity index (χ4v) is 4.18. The third-order valence-electron chi connectivity index (χ3n) is 6.28. The quantitative estimate of drug-likeness (QED) is 0.292. The molecule has 0 radical (unpaired) electrons. The summed E-state index contributed by atoms with van der Waals surface area (Å²) in [5.41, 5.74) is 1.38. The zero-order chi connectivity index (χ0) is 24.7. The summed E-state index contributed by atoms with van der Waals surface area (Å²) in [5.74, 6) is -0.174. The molecule has 1 unspecified atom stereocenters. The highest BCUT2D eigenvalue weighted by Gasteiger charge is 2.46. The number of carbonyl (C=O) groups excluding carboxylic acids is 2. The van der Waals surface area contributed by atoms with Crippen LogP contribution in [0, 0.1) is 5.92 Å². The van der Waals surface area contributed by atoms with Crippen LogP contribution in [0.5, 0.6) is 5.75 Å². The molecule has 0 spiro atoms. The Balaban J connectivity index is 2.02. The maximum atomic E-state index is 13.2. The van der Waals surface area contributed by atoms with Crippen molar-refractivity contribution in [2.75, 3.05) is 32.8 Å². The molecule has 2 aromatic carbocycles. The third kappa shape index (κ3) is 5.86. The number of likely N-dealkylation sites (tertiary alicyclic amines) is 1. The zero-order valence-electron chi connectivity index (χ0n) is 20.7. The van der Waals surface area contributed by atoms with Crippen molar-refractivity contribution in [3.8, 4) is 5.75 Å². The van der Waals surface area contributed by atoms with Crippen molar-refractivity contribution < 1.29 is 19.4 Å². The SMILES string of the molecule is CCN(CC)CCN1C(=O)C(=O)C(=C(O)c2ccccc2)C1c1cccc(OCCC(C)C)c1. The Bertz CT molecular complexity index is 1010. The molecule has 1 heterocycles. The van der Waals surface area contributed by atoms with E-state index in [1.54, 1.807) is 29.2 Å². The maximum absolute atomic E-state index is 13.2. The molecular weight excluding hydrogens is 428 g/mol. The van der Waals surface area contributed by atoms with E-state index in [0.717, 1.165) is 25.1 Å². The van der Waals surface area contributed by atoms with E-state index in [9.17, 15) is 14.7 Å². The van der Waals surface area contributed by atoms with Gasteiger partial charge in [-0.05, 0) is 43.1 Å². The lowest BCUT2D eigenvalue weighted by Gasteiger charge is -2.28. The van der Waals surface area contributed by atoms with Gasteiger partial charge >= 0.3 is 0 Å². The molecule has 1 aliphatic heterocycles. The fraction of sp³-hybridized carbons (Fsp3) is 0.429. The third-order valence-corrected chi connectivity index (χ3v) is 6.28. The summed E-state index contributed by atoms with van der Waals surface area (Å²) in [5, 5.41) is 11.1. The first-order valence-corrected chi connectivity index (χ1v) is 12.2. The largest absolute Gasteiger partial charge is 0.507 e. The standard InChI is InChI=1S/C28H36N2O4/c1-5-29(6-2)16-17-30-25(22-13-10-14-23(19-22)34-18-15-20(3)4)24(27(32)28(30)33)26(31)21-11-8-7-9-12-21/h7-14,19-20,25,31H,5-6,15-18H2,1-4H3. The normalized spacial score (nSPS) is 17.7. The minimum absolute atomic E-state index is 0.120. The van der Waals surface area contributed by atoms with Crippen LogP contribution in [0.1, 0.15) is 51.3 Å². The lowest BCUT2D eigenvalue weighted by Crippen LogP contribution is -2.38. The second kappa shape index (κ2) is 11.8.